The minimum absolute atomic E-state index is 0.0548. The van der Waals surface area contributed by atoms with E-state index >= 15 is 0 Å². The average molecular weight is 286 g/mol. The van der Waals surface area contributed by atoms with Gasteiger partial charge in [-0.3, -0.25) is 0 Å². The van der Waals surface area contributed by atoms with Gasteiger partial charge in [0.1, 0.15) is 0 Å². The van der Waals surface area contributed by atoms with Crippen LogP contribution in [0.15, 0.2) is 24.3 Å². The van der Waals surface area contributed by atoms with Crippen LogP contribution in [0.25, 0.3) is 0 Å². The number of hydrogen-bond acceptors (Lipinski definition) is 2. The highest BCUT2D eigenvalue weighted by molar-refractivity contribution is 5.51. The first kappa shape index (κ1) is 15.2. The first-order valence-corrected chi connectivity index (χ1v) is 6.94. The molecule has 1 aromatic carbocycles. The quantitative estimate of drug-likeness (QED) is 0.892. The lowest BCUT2D eigenvalue weighted by Crippen LogP contribution is -2.62. The highest BCUT2D eigenvalue weighted by Crippen LogP contribution is 2.33. The van der Waals surface area contributed by atoms with E-state index in [1.807, 2.05) is 6.92 Å². The Morgan fingerprint density at radius 3 is 2.70 bits per heavy atom. The molecule has 0 aliphatic carbocycles. The van der Waals surface area contributed by atoms with Crippen LogP contribution >= 0.6 is 0 Å². The first-order valence-electron chi connectivity index (χ1n) is 6.94. The molecule has 0 radical (unpaired) electrons. The predicted octanol–water partition coefficient (Wildman–Crippen LogP) is 3.67. The molecule has 1 heterocycles. The molecule has 1 fully saturated rings. The Kier molecular flexibility index (Phi) is 4.00. The van der Waals surface area contributed by atoms with Gasteiger partial charge < -0.3 is 10.2 Å². The third-order valence-corrected chi connectivity index (χ3v) is 4.16. The van der Waals surface area contributed by atoms with Crippen molar-refractivity contribution in [3.8, 4) is 0 Å². The number of hydrogen-bond donors (Lipinski definition) is 1. The Morgan fingerprint density at radius 2 is 2.10 bits per heavy atom. The van der Waals surface area contributed by atoms with Gasteiger partial charge in [-0.1, -0.05) is 13.0 Å². The number of anilines is 1. The highest BCUT2D eigenvalue weighted by Gasteiger charge is 2.35. The molecule has 5 heteroatoms. The molecule has 112 valence electrons. The van der Waals surface area contributed by atoms with Gasteiger partial charge in [0.2, 0.25) is 0 Å². The molecule has 1 aromatic rings. The van der Waals surface area contributed by atoms with Crippen molar-refractivity contribution in [2.24, 2.45) is 0 Å². The number of nitrogens with one attached hydrogen (secondary N) is 1. The zero-order chi connectivity index (χ0) is 15.0. The molecule has 0 bridgehead atoms. The van der Waals surface area contributed by atoms with E-state index < -0.39 is 11.7 Å². The van der Waals surface area contributed by atoms with Gasteiger partial charge in [0.15, 0.2) is 0 Å². The third-order valence-electron chi connectivity index (χ3n) is 4.16. The van der Waals surface area contributed by atoms with Crippen LogP contribution in [0.5, 0.6) is 0 Å². The van der Waals surface area contributed by atoms with Gasteiger partial charge in [-0.05, 0) is 38.5 Å². The monoisotopic (exact) mass is 286 g/mol. The van der Waals surface area contributed by atoms with Crippen LogP contribution in [0.3, 0.4) is 0 Å². The SMILES string of the molecule is CCC1(C)CN(c2cccc(C(F)(F)F)c2)C(C)CN1. The van der Waals surface area contributed by atoms with Crippen LogP contribution in [0.4, 0.5) is 18.9 Å². The molecule has 20 heavy (non-hydrogen) atoms. The number of piperazine rings is 1. The normalized spacial score (nSPS) is 27.7. The second-order valence-corrected chi connectivity index (χ2v) is 5.82. The molecular formula is C15H21F3N2. The summed E-state index contributed by atoms with van der Waals surface area (Å²) >= 11 is 0. The van der Waals surface area contributed by atoms with Crippen molar-refractivity contribution in [1.82, 2.24) is 5.32 Å². The summed E-state index contributed by atoms with van der Waals surface area (Å²) in [5.74, 6) is 0. The van der Waals surface area contributed by atoms with E-state index in [1.165, 1.54) is 12.1 Å². The van der Waals surface area contributed by atoms with E-state index in [0.717, 1.165) is 19.0 Å². The summed E-state index contributed by atoms with van der Waals surface area (Å²) in [6.45, 7) is 7.72. The molecule has 1 aliphatic rings. The Balaban J connectivity index is 2.30. The number of benzene rings is 1. The summed E-state index contributed by atoms with van der Waals surface area (Å²) in [5, 5.41) is 3.48. The molecule has 0 saturated carbocycles. The second-order valence-electron chi connectivity index (χ2n) is 5.82. The average Bonchev–Trinajstić information content (AvgIpc) is 2.41. The minimum Gasteiger partial charge on any atom is -0.366 e. The van der Waals surface area contributed by atoms with Gasteiger partial charge in [-0.15, -0.1) is 0 Å². The Hall–Kier alpha value is -1.23. The predicted molar refractivity (Wildman–Crippen MR) is 75.0 cm³/mol. The van der Waals surface area contributed by atoms with Crippen molar-refractivity contribution in [3.05, 3.63) is 29.8 Å². The number of halogens is 3. The molecule has 0 aromatic heterocycles. The Labute approximate surface area is 118 Å². The van der Waals surface area contributed by atoms with Gasteiger partial charge in [-0.25, -0.2) is 0 Å². The van der Waals surface area contributed by atoms with Crippen LogP contribution in [0.1, 0.15) is 32.8 Å². The van der Waals surface area contributed by atoms with Crippen LogP contribution < -0.4 is 10.2 Å². The van der Waals surface area contributed by atoms with Crippen LogP contribution in [0.2, 0.25) is 0 Å². The summed E-state index contributed by atoms with van der Waals surface area (Å²) < 4.78 is 38.5. The van der Waals surface area contributed by atoms with E-state index in [-0.39, 0.29) is 11.6 Å². The highest BCUT2D eigenvalue weighted by atomic mass is 19.4. The van der Waals surface area contributed by atoms with Gasteiger partial charge in [0.25, 0.3) is 0 Å². The summed E-state index contributed by atoms with van der Waals surface area (Å²) in [4.78, 5) is 2.06. The van der Waals surface area contributed by atoms with Gasteiger partial charge >= 0.3 is 6.18 Å². The fourth-order valence-electron chi connectivity index (χ4n) is 2.54. The Bertz CT molecular complexity index is 472. The molecular weight excluding hydrogens is 265 g/mol. The molecule has 2 nitrogen and oxygen atoms in total. The number of alkyl halides is 3. The van der Waals surface area contributed by atoms with E-state index in [9.17, 15) is 13.2 Å². The summed E-state index contributed by atoms with van der Waals surface area (Å²) in [7, 11) is 0. The van der Waals surface area contributed by atoms with Crippen molar-refractivity contribution in [2.75, 3.05) is 18.0 Å². The standard InChI is InChI=1S/C15H21F3N2/c1-4-14(3)10-20(11(2)9-19-14)13-7-5-6-12(8-13)15(16,17)18/h5-8,11,19H,4,9-10H2,1-3H3. The maximum atomic E-state index is 12.8. The van der Waals surface area contributed by atoms with Gasteiger partial charge in [0, 0.05) is 30.4 Å². The lowest BCUT2D eigenvalue weighted by molar-refractivity contribution is -0.137. The van der Waals surface area contributed by atoms with Crippen molar-refractivity contribution in [2.45, 2.75) is 44.9 Å². The van der Waals surface area contributed by atoms with Crippen molar-refractivity contribution in [1.29, 1.82) is 0 Å². The van der Waals surface area contributed by atoms with Crippen molar-refractivity contribution < 1.29 is 13.2 Å². The van der Waals surface area contributed by atoms with Crippen LogP contribution in [-0.4, -0.2) is 24.7 Å². The smallest absolute Gasteiger partial charge is 0.366 e. The fourth-order valence-corrected chi connectivity index (χ4v) is 2.54. The molecule has 2 rings (SSSR count). The number of rotatable bonds is 2. The first-order chi connectivity index (χ1) is 9.25. The zero-order valence-corrected chi connectivity index (χ0v) is 12.1. The summed E-state index contributed by atoms with van der Waals surface area (Å²) in [6.07, 6.45) is -3.35. The summed E-state index contributed by atoms with van der Waals surface area (Å²) in [6, 6.07) is 5.79. The molecule has 2 unspecified atom stereocenters. The van der Waals surface area contributed by atoms with E-state index in [1.54, 1.807) is 6.07 Å². The zero-order valence-electron chi connectivity index (χ0n) is 12.1. The van der Waals surface area contributed by atoms with Crippen molar-refractivity contribution in [3.63, 3.8) is 0 Å². The summed E-state index contributed by atoms with van der Waals surface area (Å²) in [5.41, 5.74) is 0.00762. The van der Waals surface area contributed by atoms with Crippen LogP contribution in [0, 0.1) is 0 Å². The topological polar surface area (TPSA) is 15.3 Å². The van der Waals surface area contributed by atoms with E-state index in [0.29, 0.717) is 12.2 Å². The molecule has 2 atom stereocenters. The van der Waals surface area contributed by atoms with E-state index in [2.05, 4.69) is 24.1 Å². The minimum atomic E-state index is -4.29. The van der Waals surface area contributed by atoms with E-state index in [4.69, 9.17) is 0 Å². The van der Waals surface area contributed by atoms with Crippen molar-refractivity contribution >= 4 is 5.69 Å². The number of nitrogens with zero attached hydrogens (tertiary/aromatic N) is 1. The molecule has 1 aliphatic heterocycles. The maximum absolute atomic E-state index is 12.8. The Morgan fingerprint density at radius 1 is 1.40 bits per heavy atom. The largest absolute Gasteiger partial charge is 0.416 e. The van der Waals surface area contributed by atoms with Gasteiger partial charge in [0.05, 0.1) is 5.56 Å². The second kappa shape index (κ2) is 5.28. The molecule has 1 saturated heterocycles. The van der Waals surface area contributed by atoms with Crippen LogP contribution in [-0.2, 0) is 6.18 Å². The molecule has 0 spiro atoms. The maximum Gasteiger partial charge on any atom is 0.416 e. The molecule has 0 amide bonds. The fraction of sp³-hybridized carbons (Fsp3) is 0.600. The van der Waals surface area contributed by atoms with Gasteiger partial charge in [-0.2, -0.15) is 13.2 Å². The molecule has 1 N–H and O–H groups in total. The lowest BCUT2D eigenvalue weighted by atomic mass is 9.93. The lowest BCUT2D eigenvalue weighted by Gasteiger charge is -2.46. The third kappa shape index (κ3) is 3.08.